The van der Waals surface area contributed by atoms with Crippen molar-refractivity contribution < 1.29 is 79.2 Å². The van der Waals surface area contributed by atoms with Crippen LogP contribution < -0.4 is 10.6 Å². The smallest absolute Gasteiger partial charge is 0.217 e. The molecule has 11 N–H and O–H groups in total. The predicted octanol–water partition coefficient (Wildman–Crippen LogP) is -6.01. The number of hydrogen-bond acceptors (Lipinski definition) is 16. The highest BCUT2D eigenvalue weighted by atomic mass is 16.7. The monoisotopic (exact) mass is 618 g/mol. The van der Waals surface area contributed by atoms with Crippen molar-refractivity contribution in [3.63, 3.8) is 0 Å². The van der Waals surface area contributed by atoms with Gasteiger partial charge in [0.05, 0.1) is 45.2 Å². The number of amides is 2. The predicted molar refractivity (Wildman–Crippen MR) is 138 cm³/mol. The van der Waals surface area contributed by atoms with Crippen molar-refractivity contribution in [2.45, 2.75) is 107 Å². The Bertz CT molecular complexity index is 792. The molecule has 0 aliphatic carbocycles. The summed E-state index contributed by atoms with van der Waals surface area (Å²) in [5.41, 5.74) is 0. The molecule has 0 aromatic heterocycles. The summed E-state index contributed by atoms with van der Waals surface area (Å²) in [7, 11) is 0. The molecule has 1 saturated heterocycles. The molecule has 0 aromatic rings. The van der Waals surface area contributed by atoms with Crippen LogP contribution in [0.3, 0.4) is 0 Å². The normalized spacial score (nSPS) is 28.5. The summed E-state index contributed by atoms with van der Waals surface area (Å²) in [6, 6.07) is -2.63. The zero-order chi connectivity index (χ0) is 32.1. The molecule has 0 saturated carbocycles. The maximum absolute atomic E-state index is 11.8. The van der Waals surface area contributed by atoms with Crippen LogP contribution in [-0.4, -0.2) is 171 Å². The lowest BCUT2D eigenvalue weighted by molar-refractivity contribution is -0.285. The van der Waals surface area contributed by atoms with E-state index in [4.69, 9.17) is 23.7 Å². The van der Waals surface area contributed by atoms with E-state index < -0.39 is 125 Å². The molecule has 42 heavy (non-hydrogen) atoms. The maximum atomic E-state index is 11.8. The third-order valence-corrected chi connectivity index (χ3v) is 6.23. The lowest BCUT2D eigenvalue weighted by Gasteiger charge is -2.42. The molecule has 1 rings (SSSR count). The molecular formula is C24H46N2O16. The van der Waals surface area contributed by atoms with E-state index in [2.05, 4.69) is 10.6 Å². The largest absolute Gasteiger partial charge is 0.394 e. The van der Waals surface area contributed by atoms with Crippen molar-refractivity contribution in [1.82, 2.24) is 10.6 Å². The first-order valence-corrected chi connectivity index (χ1v) is 13.3. The molecule has 18 heteroatoms. The van der Waals surface area contributed by atoms with Crippen LogP contribution >= 0.6 is 0 Å². The SMILES string of the molecule is CC(=O)NC1C(OCC(OC(O)[C@H](COC(OC(CO)[C@@H](C)O)[C@@H](O)CO)NC(C)=O)[C@@H](C)O)OC(CO)C(O)C1O. The van der Waals surface area contributed by atoms with Gasteiger partial charge in [-0.25, -0.2) is 0 Å². The molecule has 0 radical (unpaired) electrons. The minimum Gasteiger partial charge on any atom is -0.394 e. The summed E-state index contributed by atoms with van der Waals surface area (Å²) in [5.74, 6) is -1.22. The third-order valence-electron chi connectivity index (χ3n) is 6.23. The quantitative estimate of drug-likeness (QED) is 0.0601. The molecule has 18 nitrogen and oxygen atoms in total. The number of aliphatic hydroxyl groups excluding tert-OH is 9. The number of hydrogen-bond donors (Lipinski definition) is 11. The Labute approximate surface area is 242 Å². The van der Waals surface area contributed by atoms with E-state index in [1.807, 2.05) is 0 Å². The van der Waals surface area contributed by atoms with Crippen LogP contribution in [0.15, 0.2) is 0 Å². The zero-order valence-electron chi connectivity index (χ0n) is 23.9. The van der Waals surface area contributed by atoms with Crippen molar-refractivity contribution in [2.24, 2.45) is 0 Å². The zero-order valence-corrected chi connectivity index (χ0v) is 23.9. The number of aliphatic hydroxyl groups is 9. The van der Waals surface area contributed by atoms with E-state index in [9.17, 15) is 55.5 Å². The molecule has 2 amide bonds. The van der Waals surface area contributed by atoms with Gasteiger partial charge >= 0.3 is 0 Å². The van der Waals surface area contributed by atoms with Gasteiger partial charge in [0.1, 0.15) is 48.7 Å². The fourth-order valence-corrected chi connectivity index (χ4v) is 3.83. The Morgan fingerprint density at radius 3 is 1.95 bits per heavy atom. The highest BCUT2D eigenvalue weighted by Gasteiger charge is 2.45. The summed E-state index contributed by atoms with van der Waals surface area (Å²) in [4.78, 5) is 23.4. The first-order valence-electron chi connectivity index (χ1n) is 13.3. The summed E-state index contributed by atoms with van der Waals surface area (Å²) >= 11 is 0. The summed E-state index contributed by atoms with van der Waals surface area (Å²) in [5, 5.41) is 94.2. The van der Waals surface area contributed by atoms with Gasteiger partial charge in [-0.3, -0.25) is 9.59 Å². The van der Waals surface area contributed by atoms with E-state index in [0.29, 0.717) is 0 Å². The fraction of sp³-hybridized carbons (Fsp3) is 0.917. The van der Waals surface area contributed by atoms with Crippen molar-refractivity contribution >= 4 is 11.8 Å². The molecule has 0 spiro atoms. The highest BCUT2D eigenvalue weighted by molar-refractivity contribution is 5.73. The Morgan fingerprint density at radius 1 is 0.857 bits per heavy atom. The molecule has 1 fully saturated rings. The second-order valence-electron chi connectivity index (χ2n) is 9.93. The average molecular weight is 619 g/mol. The van der Waals surface area contributed by atoms with Crippen LogP contribution in [0.5, 0.6) is 0 Å². The van der Waals surface area contributed by atoms with Crippen LogP contribution in [0.2, 0.25) is 0 Å². The number of carbonyl (C=O) groups is 2. The van der Waals surface area contributed by atoms with Crippen molar-refractivity contribution in [1.29, 1.82) is 0 Å². The highest BCUT2D eigenvalue weighted by Crippen LogP contribution is 2.23. The van der Waals surface area contributed by atoms with E-state index in [1.165, 1.54) is 13.8 Å². The van der Waals surface area contributed by atoms with Crippen LogP contribution in [0.4, 0.5) is 0 Å². The van der Waals surface area contributed by atoms with Crippen LogP contribution in [0.1, 0.15) is 27.7 Å². The number of nitrogens with one attached hydrogen (secondary N) is 2. The molecule has 9 unspecified atom stereocenters. The number of ether oxygens (including phenoxy) is 5. The average Bonchev–Trinajstić information content (AvgIpc) is 2.92. The van der Waals surface area contributed by atoms with Gasteiger partial charge in [-0.2, -0.15) is 0 Å². The van der Waals surface area contributed by atoms with Crippen LogP contribution in [0.25, 0.3) is 0 Å². The van der Waals surface area contributed by atoms with Crippen molar-refractivity contribution in [3.8, 4) is 0 Å². The molecule has 1 aliphatic rings. The lowest BCUT2D eigenvalue weighted by Crippen LogP contribution is -2.64. The molecule has 248 valence electrons. The number of carbonyl (C=O) groups excluding carboxylic acids is 2. The van der Waals surface area contributed by atoms with Gasteiger partial charge in [-0.1, -0.05) is 0 Å². The molecule has 13 atom stereocenters. The Balaban J connectivity index is 3.00. The molecule has 1 heterocycles. The second-order valence-corrected chi connectivity index (χ2v) is 9.93. The van der Waals surface area contributed by atoms with Gasteiger partial charge in [-0.15, -0.1) is 0 Å². The Kier molecular flexibility index (Phi) is 17.3. The van der Waals surface area contributed by atoms with E-state index in [-0.39, 0.29) is 0 Å². The first kappa shape index (κ1) is 38.4. The third kappa shape index (κ3) is 12.2. The van der Waals surface area contributed by atoms with E-state index in [0.717, 1.165) is 13.8 Å². The van der Waals surface area contributed by atoms with Crippen LogP contribution in [0, 0.1) is 0 Å². The topological polar surface area (TPSA) is 286 Å². The van der Waals surface area contributed by atoms with E-state index in [1.54, 1.807) is 0 Å². The Morgan fingerprint density at radius 2 is 1.48 bits per heavy atom. The van der Waals surface area contributed by atoms with Gasteiger partial charge in [0, 0.05) is 13.8 Å². The molecule has 1 aliphatic heterocycles. The Hall–Kier alpha value is -1.62. The first-order chi connectivity index (χ1) is 19.7. The molecular weight excluding hydrogens is 572 g/mol. The minimum atomic E-state index is -1.88. The molecule has 0 aromatic carbocycles. The number of rotatable bonds is 19. The van der Waals surface area contributed by atoms with Gasteiger partial charge < -0.3 is 80.3 Å². The van der Waals surface area contributed by atoms with Crippen molar-refractivity contribution in [3.05, 3.63) is 0 Å². The minimum absolute atomic E-state index is 0.522. The standard InChI is InChI=1S/C24H46N2O16/c1-10(30)16(6-28)41-23(15(34)5-27)38-8-14(25-12(3)32)22(37)40-18(11(2)31)9-39-24-19(26-13(4)33)21(36)20(35)17(7-29)42-24/h10-11,14-24,27-31,34-37H,5-9H2,1-4H3,(H,25,32)(H,26,33)/t10-,11-,14+,15+,16?,17?,18?,19?,20?,21?,22?,23?,24?/m1/s1. The summed E-state index contributed by atoms with van der Waals surface area (Å²) < 4.78 is 27.3. The summed E-state index contributed by atoms with van der Waals surface area (Å²) in [6.07, 6.45) is -16.0. The van der Waals surface area contributed by atoms with Gasteiger partial charge in [-0.05, 0) is 13.8 Å². The summed E-state index contributed by atoms with van der Waals surface area (Å²) in [6.45, 7) is 1.58. The van der Waals surface area contributed by atoms with E-state index >= 15 is 0 Å². The van der Waals surface area contributed by atoms with Gasteiger partial charge in [0.15, 0.2) is 18.9 Å². The fourth-order valence-electron chi connectivity index (χ4n) is 3.83. The molecule has 0 bridgehead atoms. The lowest BCUT2D eigenvalue weighted by atomic mass is 9.97. The maximum Gasteiger partial charge on any atom is 0.217 e. The van der Waals surface area contributed by atoms with Crippen LogP contribution in [-0.2, 0) is 33.3 Å². The van der Waals surface area contributed by atoms with Crippen molar-refractivity contribution in [2.75, 3.05) is 33.0 Å². The second kappa shape index (κ2) is 18.9. The van der Waals surface area contributed by atoms with Gasteiger partial charge in [0.2, 0.25) is 11.8 Å². The van der Waals surface area contributed by atoms with Gasteiger partial charge in [0.25, 0.3) is 0 Å².